The minimum absolute atomic E-state index is 0.105. The van der Waals surface area contributed by atoms with E-state index in [-0.39, 0.29) is 5.41 Å². The first-order chi connectivity index (χ1) is 9.75. The predicted octanol–water partition coefficient (Wildman–Crippen LogP) is 4.63. The van der Waals surface area contributed by atoms with Gasteiger partial charge in [0.15, 0.2) is 0 Å². The van der Waals surface area contributed by atoms with E-state index in [4.69, 9.17) is 5.73 Å². The Hall–Kier alpha value is -1.55. The van der Waals surface area contributed by atoms with E-state index in [0.717, 1.165) is 15.7 Å². The molecular weight excluding hydrogens is 278 g/mol. The molecule has 0 radical (unpaired) electrons. The van der Waals surface area contributed by atoms with Crippen LogP contribution in [-0.2, 0) is 5.41 Å². The highest BCUT2D eigenvalue weighted by molar-refractivity contribution is 7.99. The van der Waals surface area contributed by atoms with Crippen LogP contribution in [-0.4, -0.2) is 9.97 Å². The third-order valence-electron chi connectivity index (χ3n) is 3.16. The normalized spacial score (nSPS) is 11.9. The molecule has 0 spiro atoms. The average molecular weight is 301 g/mol. The number of benzene rings is 1. The number of nitrogens with two attached hydrogens (primary N) is 1. The fourth-order valence-electron chi connectivity index (χ4n) is 1.87. The van der Waals surface area contributed by atoms with Crippen molar-refractivity contribution in [3.63, 3.8) is 0 Å². The second-order valence-corrected chi connectivity index (χ2v) is 7.62. The molecule has 1 aromatic heterocycles. The minimum atomic E-state index is -0.105. The van der Waals surface area contributed by atoms with E-state index in [1.807, 2.05) is 6.07 Å². The summed E-state index contributed by atoms with van der Waals surface area (Å²) in [6.07, 6.45) is 0. The van der Waals surface area contributed by atoms with E-state index >= 15 is 0 Å². The lowest BCUT2D eigenvalue weighted by Gasteiger charge is -2.17. The van der Waals surface area contributed by atoms with E-state index in [9.17, 15) is 0 Å². The summed E-state index contributed by atoms with van der Waals surface area (Å²) in [5, 5.41) is 0.893. The zero-order valence-electron chi connectivity index (χ0n) is 13.3. The number of hydrogen-bond donors (Lipinski definition) is 1. The Balaban J connectivity index is 2.25. The van der Waals surface area contributed by atoms with Crippen molar-refractivity contribution in [3.8, 4) is 0 Å². The maximum absolute atomic E-state index is 5.91. The SMILES string of the molecule is CC(C)c1ccc(Sc2cc(N)nc(C(C)(C)C)n2)cc1. The number of hydrogen-bond acceptors (Lipinski definition) is 4. The lowest BCUT2D eigenvalue weighted by Crippen LogP contribution is -2.17. The largest absolute Gasteiger partial charge is 0.384 e. The van der Waals surface area contributed by atoms with Crippen LogP contribution in [0.15, 0.2) is 40.3 Å². The van der Waals surface area contributed by atoms with Crippen molar-refractivity contribution in [2.24, 2.45) is 0 Å². The van der Waals surface area contributed by atoms with Crippen molar-refractivity contribution in [2.75, 3.05) is 5.73 Å². The highest BCUT2D eigenvalue weighted by Gasteiger charge is 2.18. The number of anilines is 1. The summed E-state index contributed by atoms with van der Waals surface area (Å²) in [5.41, 5.74) is 7.15. The van der Waals surface area contributed by atoms with Crippen molar-refractivity contribution >= 4 is 17.6 Å². The Morgan fingerprint density at radius 1 is 1.05 bits per heavy atom. The summed E-state index contributed by atoms with van der Waals surface area (Å²) in [7, 11) is 0. The van der Waals surface area contributed by atoms with Crippen LogP contribution in [0.1, 0.15) is 51.9 Å². The number of nitrogen functional groups attached to an aromatic ring is 1. The molecule has 2 N–H and O–H groups in total. The monoisotopic (exact) mass is 301 g/mol. The maximum atomic E-state index is 5.91. The van der Waals surface area contributed by atoms with Crippen molar-refractivity contribution in [2.45, 2.75) is 55.9 Å². The Morgan fingerprint density at radius 3 is 2.19 bits per heavy atom. The van der Waals surface area contributed by atoms with Crippen molar-refractivity contribution in [3.05, 3.63) is 41.7 Å². The van der Waals surface area contributed by atoms with Crippen LogP contribution in [0, 0.1) is 0 Å². The Kier molecular flexibility index (Phi) is 4.57. The molecule has 1 aromatic carbocycles. The fourth-order valence-corrected chi connectivity index (χ4v) is 2.70. The standard InChI is InChI=1S/C17H23N3S/c1-11(2)12-6-8-13(9-7-12)21-15-10-14(18)19-16(20-15)17(3,4)5/h6-11H,1-5H3,(H2,18,19,20). The van der Waals surface area contributed by atoms with Gasteiger partial charge in [0, 0.05) is 16.4 Å². The zero-order chi connectivity index (χ0) is 15.6. The van der Waals surface area contributed by atoms with Gasteiger partial charge in [0.2, 0.25) is 0 Å². The first kappa shape index (κ1) is 15.8. The fraction of sp³-hybridized carbons (Fsp3) is 0.412. The molecule has 112 valence electrons. The molecule has 4 heteroatoms. The molecule has 0 saturated carbocycles. The first-order valence-corrected chi connectivity index (χ1v) is 8.00. The molecule has 0 aliphatic heterocycles. The molecule has 0 amide bonds. The van der Waals surface area contributed by atoms with E-state index in [0.29, 0.717) is 11.7 Å². The first-order valence-electron chi connectivity index (χ1n) is 7.18. The summed E-state index contributed by atoms with van der Waals surface area (Å²) >= 11 is 1.62. The van der Waals surface area contributed by atoms with Crippen LogP contribution in [0.2, 0.25) is 0 Å². The molecule has 2 rings (SSSR count). The van der Waals surface area contributed by atoms with Gasteiger partial charge >= 0.3 is 0 Å². The quantitative estimate of drug-likeness (QED) is 0.840. The average Bonchev–Trinajstić information content (AvgIpc) is 2.37. The van der Waals surface area contributed by atoms with Crippen LogP contribution < -0.4 is 5.73 Å². The molecule has 0 aliphatic rings. The highest BCUT2D eigenvalue weighted by atomic mass is 32.2. The Bertz CT molecular complexity index is 613. The molecule has 0 saturated heterocycles. The topological polar surface area (TPSA) is 51.8 Å². The van der Waals surface area contributed by atoms with Gasteiger partial charge in [0.1, 0.15) is 16.7 Å². The second-order valence-electron chi connectivity index (χ2n) is 6.53. The maximum Gasteiger partial charge on any atom is 0.137 e. The molecule has 3 nitrogen and oxygen atoms in total. The Labute approximate surface area is 131 Å². The van der Waals surface area contributed by atoms with Crippen LogP contribution >= 0.6 is 11.8 Å². The van der Waals surface area contributed by atoms with E-state index < -0.39 is 0 Å². The summed E-state index contributed by atoms with van der Waals surface area (Å²) in [5.74, 6) is 1.85. The summed E-state index contributed by atoms with van der Waals surface area (Å²) < 4.78 is 0. The molecule has 1 heterocycles. The second kappa shape index (κ2) is 6.06. The van der Waals surface area contributed by atoms with Gasteiger partial charge in [-0.3, -0.25) is 0 Å². The minimum Gasteiger partial charge on any atom is -0.384 e. The van der Waals surface area contributed by atoms with Crippen LogP contribution in [0.5, 0.6) is 0 Å². The molecule has 0 aliphatic carbocycles. The molecular formula is C17H23N3S. The van der Waals surface area contributed by atoms with Gasteiger partial charge in [0.25, 0.3) is 0 Å². The van der Waals surface area contributed by atoms with E-state index in [1.165, 1.54) is 5.56 Å². The van der Waals surface area contributed by atoms with E-state index in [2.05, 4.69) is 68.9 Å². The Morgan fingerprint density at radius 2 is 1.67 bits per heavy atom. The summed E-state index contributed by atoms with van der Waals surface area (Å²) in [4.78, 5) is 10.1. The molecule has 0 fully saturated rings. The van der Waals surface area contributed by atoms with Crippen LogP contribution in [0.4, 0.5) is 5.82 Å². The van der Waals surface area contributed by atoms with Gasteiger partial charge in [-0.1, -0.05) is 58.5 Å². The molecule has 2 aromatic rings. The smallest absolute Gasteiger partial charge is 0.137 e. The molecule has 0 atom stereocenters. The number of aromatic nitrogens is 2. The van der Waals surface area contributed by atoms with Crippen LogP contribution in [0.3, 0.4) is 0 Å². The van der Waals surface area contributed by atoms with Gasteiger partial charge in [-0.05, 0) is 23.6 Å². The van der Waals surface area contributed by atoms with Crippen molar-refractivity contribution < 1.29 is 0 Å². The van der Waals surface area contributed by atoms with Crippen LogP contribution in [0.25, 0.3) is 0 Å². The predicted molar refractivity (Wildman–Crippen MR) is 89.8 cm³/mol. The zero-order valence-corrected chi connectivity index (χ0v) is 14.2. The summed E-state index contributed by atoms with van der Waals surface area (Å²) in [6.45, 7) is 10.7. The molecule has 21 heavy (non-hydrogen) atoms. The lowest BCUT2D eigenvalue weighted by atomic mass is 9.96. The van der Waals surface area contributed by atoms with Gasteiger partial charge in [-0.2, -0.15) is 0 Å². The number of rotatable bonds is 3. The number of nitrogens with zero attached hydrogens (tertiary/aromatic N) is 2. The molecule has 0 bridgehead atoms. The summed E-state index contributed by atoms with van der Waals surface area (Å²) in [6, 6.07) is 10.4. The highest BCUT2D eigenvalue weighted by Crippen LogP contribution is 2.30. The lowest BCUT2D eigenvalue weighted by molar-refractivity contribution is 0.540. The molecule has 0 unspecified atom stereocenters. The van der Waals surface area contributed by atoms with Gasteiger partial charge < -0.3 is 5.73 Å². The van der Waals surface area contributed by atoms with E-state index in [1.54, 1.807) is 11.8 Å². The van der Waals surface area contributed by atoms with Gasteiger partial charge in [-0.25, -0.2) is 9.97 Å². The van der Waals surface area contributed by atoms with Gasteiger partial charge in [0.05, 0.1) is 0 Å². The third-order valence-corrected chi connectivity index (χ3v) is 4.09. The van der Waals surface area contributed by atoms with Crippen molar-refractivity contribution in [1.29, 1.82) is 0 Å². The third kappa shape index (κ3) is 4.21. The van der Waals surface area contributed by atoms with Crippen molar-refractivity contribution in [1.82, 2.24) is 9.97 Å². The van der Waals surface area contributed by atoms with Gasteiger partial charge in [-0.15, -0.1) is 0 Å².